The molecule has 1 aliphatic heterocycles. The van der Waals surface area contributed by atoms with Crippen LogP contribution in [0.2, 0.25) is 0 Å². The monoisotopic (exact) mass is 384 g/mol. The van der Waals surface area contributed by atoms with Crippen molar-refractivity contribution in [2.75, 3.05) is 4.90 Å². The van der Waals surface area contributed by atoms with Crippen molar-refractivity contribution in [3.8, 4) is 0 Å². The molecule has 0 aliphatic carbocycles. The summed E-state index contributed by atoms with van der Waals surface area (Å²) in [5.41, 5.74) is 2.51. The first kappa shape index (κ1) is 19.0. The number of halogens is 1. The summed E-state index contributed by atoms with van der Waals surface area (Å²) in [5.74, 6) is -0.826. The van der Waals surface area contributed by atoms with Gasteiger partial charge in [-0.3, -0.25) is 4.90 Å². The van der Waals surface area contributed by atoms with Crippen molar-refractivity contribution >= 4 is 29.0 Å². The average Bonchev–Trinajstić information content (AvgIpc) is 2.61. The summed E-state index contributed by atoms with van der Waals surface area (Å²) in [7, 11) is 0. The minimum Gasteiger partial charge on any atom is -0.459 e. The lowest BCUT2D eigenvalue weighted by Gasteiger charge is -2.37. The van der Waals surface area contributed by atoms with Gasteiger partial charge in [0.15, 0.2) is 5.11 Å². The van der Waals surface area contributed by atoms with Crippen LogP contribution in [0.4, 0.5) is 10.1 Å². The Morgan fingerprint density at radius 3 is 2.52 bits per heavy atom. The molecule has 27 heavy (non-hydrogen) atoms. The molecule has 3 rings (SSSR count). The third kappa shape index (κ3) is 4.01. The summed E-state index contributed by atoms with van der Waals surface area (Å²) in [6, 6.07) is 15.1. The highest BCUT2D eigenvalue weighted by Gasteiger charge is 2.35. The molecule has 2 aromatic rings. The van der Waals surface area contributed by atoms with Gasteiger partial charge in [-0.1, -0.05) is 30.3 Å². The fraction of sp³-hybridized carbons (Fsp3) is 0.238. The van der Waals surface area contributed by atoms with Gasteiger partial charge in [0.05, 0.1) is 17.7 Å². The Hall–Kier alpha value is -2.73. The molecule has 0 aromatic heterocycles. The third-order valence-corrected chi connectivity index (χ3v) is 4.54. The van der Waals surface area contributed by atoms with Crippen molar-refractivity contribution in [1.82, 2.24) is 5.32 Å². The van der Waals surface area contributed by atoms with Gasteiger partial charge in [0.1, 0.15) is 5.82 Å². The minimum absolute atomic E-state index is 0.273. The fourth-order valence-electron chi connectivity index (χ4n) is 3.11. The lowest BCUT2D eigenvalue weighted by atomic mass is 9.94. The van der Waals surface area contributed by atoms with Gasteiger partial charge in [0.25, 0.3) is 0 Å². The number of nitrogens with one attached hydrogen (secondary N) is 1. The highest BCUT2D eigenvalue weighted by Crippen LogP contribution is 2.34. The van der Waals surface area contributed by atoms with Crippen LogP contribution in [0.3, 0.4) is 0 Å². The number of esters is 1. The molecule has 0 radical (unpaired) electrons. The Balaban J connectivity index is 2.13. The quantitative estimate of drug-likeness (QED) is 0.621. The molecule has 0 unspecified atom stereocenters. The molecule has 0 spiro atoms. The molecule has 0 bridgehead atoms. The Bertz CT molecular complexity index is 896. The summed E-state index contributed by atoms with van der Waals surface area (Å²) < 4.78 is 19.3. The molecule has 1 N–H and O–H groups in total. The SMILES string of the molecule is CC1=C(C(=O)OC(C)C)[C@@H](c2cccc(F)c2)NC(=S)N1c1ccccc1. The summed E-state index contributed by atoms with van der Waals surface area (Å²) in [4.78, 5) is 14.7. The van der Waals surface area contributed by atoms with Gasteiger partial charge >= 0.3 is 5.97 Å². The van der Waals surface area contributed by atoms with Gasteiger partial charge in [-0.05, 0) is 62.8 Å². The molecule has 0 fully saturated rings. The lowest BCUT2D eigenvalue weighted by molar-refractivity contribution is -0.143. The maximum atomic E-state index is 13.8. The van der Waals surface area contributed by atoms with E-state index in [1.807, 2.05) is 37.3 Å². The first-order chi connectivity index (χ1) is 12.9. The van der Waals surface area contributed by atoms with Crippen LogP contribution in [0.1, 0.15) is 32.4 Å². The number of carbonyl (C=O) groups excluding carboxylic acids is 1. The van der Waals surface area contributed by atoms with Gasteiger partial charge in [-0.2, -0.15) is 0 Å². The maximum absolute atomic E-state index is 13.8. The van der Waals surface area contributed by atoms with Crippen molar-refractivity contribution in [2.24, 2.45) is 0 Å². The van der Waals surface area contributed by atoms with E-state index in [1.165, 1.54) is 12.1 Å². The van der Waals surface area contributed by atoms with E-state index in [9.17, 15) is 9.18 Å². The summed E-state index contributed by atoms with van der Waals surface area (Å²) >= 11 is 5.56. The Morgan fingerprint density at radius 1 is 1.19 bits per heavy atom. The number of thiocarbonyl (C=S) groups is 1. The fourth-order valence-corrected chi connectivity index (χ4v) is 3.47. The van der Waals surface area contributed by atoms with Crippen LogP contribution >= 0.6 is 12.2 Å². The summed E-state index contributed by atoms with van der Waals surface area (Å²) in [6.45, 7) is 5.41. The van der Waals surface area contributed by atoms with Crippen molar-refractivity contribution in [1.29, 1.82) is 0 Å². The highest BCUT2D eigenvalue weighted by atomic mass is 32.1. The van der Waals surface area contributed by atoms with E-state index in [4.69, 9.17) is 17.0 Å². The zero-order valence-electron chi connectivity index (χ0n) is 15.4. The second-order valence-electron chi connectivity index (χ2n) is 6.56. The van der Waals surface area contributed by atoms with Crippen molar-refractivity contribution in [3.05, 3.63) is 77.2 Å². The zero-order valence-corrected chi connectivity index (χ0v) is 16.2. The number of benzene rings is 2. The number of rotatable bonds is 4. The number of para-hydroxylation sites is 1. The van der Waals surface area contributed by atoms with Crippen LogP contribution < -0.4 is 10.2 Å². The zero-order chi connectivity index (χ0) is 19.6. The molecule has 0 saturated heterocycles. The average molecular weight is 384 g/mol. The second kappa shape index (κ2) is 7.88. The van der Waals surface area contributed by atoms with Gasteiger partial charge in [0, 0.05) is 11.4 Å². The largest absolute Gasteiger partial charge is 0.459 e. The van der Waals surface area contributed by atoms with E-state index in [2.05, 4.69) is 5.32 Å². The number of ether oxygens (including phenoxy) is 1. The van der Waals surface area contributed by atoms with Gasteiger partial charge in [-0.15, -0.1) is 0 Å². The predicted molar refractivity (Wildman–Crippen MR) is 108 cm³/mol. The molecule has 1 atom stereocenters. The molecule has 0 amide bonds. The van der Waals surface area contributed by atoms with Crippen LogP contribution in [0.15, 0.2) is 65.9 Å². The van der Waals surface area contributed by atoms with E-state index in [1.54, 1.807) is 30.9 Å². The molecule has 1 aliphatic rings. The number of anilines is 1. The molecular weight excluding hydrogens is 363 g/mol. The number of carbonyl (C=O) groups is 1. The van der Waals surface area contributed by atoms with Crippen molar-refractivity contribution < 1.29 is 13.9 Å². The van der Waals surface area contributed by atoms with Crippen LogP contribution in [-0.4, -0.2) is 17.2 Å². The van der Waals surface area contributed by atoms with Crippen LogP contribution in [0.25, 0.3) is 0 Å². The molecule has 6 heteroatoms. The van der Waals surface area contributed by atoms with E-state index in [0.29, 0.717) is 21.9 Å². The molecule has 0 saturated carbocycles. The lowest BCUT2D eigenvalue weighted by Crippen LogP contribution is -2.48. The van der Waals surface area contributed by atoms with Gasteiger partial charge in [0.2, 0.25) is 0 Å². The molecule has 1 heterocycles. The van der Waals surface area contributed by atoms with Crippen LogP contribution in [0.5, 0.6) is 0 Å². The first-order valence-electron chi connectivity index (χ1n) is 8.71. The molecule has 2 aromatic carbocycles. The number of allylic oxidation sites excluding steroid dienone is 1. The van der Waals surface area contributed by atoms with E-state index < -0.39 is 12.0 Å². The minimum atomic E-state index is -0.584. The van der Waals surface area contributed by atoms with Crippen LogP contribution in [-0.2, 0) is 9.53 Å². The second-order valence-corrected chi connectivity index (χ2v) is 6.95. The van der Waals surface area contributed by atoms with Crippen molar-refractivity contribution in [2.45, 2.75) is 32.9 Å². The topological polar surface area (TPSA) is 41.6 Å². The van der Waals surface area contributed by atoms with E-state index in [0.717, 1.165) is 5.69 Å². The summed E-state index contributed by atoms with van der Waals surface area (Å²) in [5, 5.41) is 3.61. The summed E-state index contributed by atoms with van der Waals surface area (Å²) in [6.07, 6.45) is -0.273. The number of hydrogen-bond acceptors (Lipinski definition) is 3. The normalized spacial score (nSPS) is 17.1. The van der Waals surface area contributed by atoms with E-state index >= 15 is 0 Å². The number of hydrogen-bond donors (Lipinski definition) is 1. The molecular formula is C21H21FN2O2S. The third-order valence-electron chi connectivity index (χ3n) is 4.24. The van der Waals surface area contributed by atoms with Gasteiger partial charge in [-0.25, -0.2) is 9.18 Å². The van der Waals surface area contributed by atoms with Gasteiger partial charge < -0.3 is 10.1 Å². The van der Waals surface area contributed by atoms with Crippen molar-refractivity contribution in [3.63, 3.8) is 0 Å². The smallest absolute Gasteiger partial charge is 0.338 e. The maximum Gasteiger partial charge on any atom is 0.338 e. The van der Waals surface area contributed by atoms with E-state index in [-0.39, 0.29) is 11.9 Å². The standard InChI is InChI=1S/C21H21FN2O2S/c1-13(2)26-20(25)18-14(3)24(17-10-5-4-6-11-17)21(27)23-19(18)15-8-7-9-16(22)12-15/h4-13,19H,1-3H3,(H,23,27)/t19-/m1/s1. The Labute approximate surface area is 163 Å². The Morgan fingerprint density at radius 2 is 1.89 bits per heavy atom. The Kier molecular flexibility index (Phi) is 5.56. The first-order valence-corrected chi connectivity index (χ1v) is 9.12. The number of nitrogens with zero attached hydrogens (tertiary/aromatic N) is 1. The molecule has 140 valence electrons. The highest BCUT2D eigenvalue weighted by molar-refractivity contribution is 7.80. The molecule has 4 nitrogen and oxygen atoms in total. The van der Waals surface area contributed by atoms with Crippen LogP contribution in [0, 0.1) is 5.82 Å². The predicted octanol–water partition coefficient (Wildman–Crippen LogP) is 4.49.